The molecule has 1 heterocycles. The number of rotatable bonds is 4. The van der Waals surface area contributed by atoms with Gasteiger partial charge in [-0.15, -0.1) is 0 Å². The summed E-state index contributed by atoms with van der Waals surface area (Å²) in [6, 6.07) is 20.2. The lowest BCUT2D eigenvalue weighted by molar-refractivity contribution is -0.130. The van der Waals surface area contributed by atoms with Crippen molar-refractivity contribution >= 4 is 12.2 Å². The molecule has 0 aromatic heterocycles. The molecule has 0 radical (unpaired) electrons. The van der Waals surface area contributed by atoms with Gasteiger partial charge in [-0.05, 0) is 11.1 Å². The van der Waals surface area contributed by atoms with Gasteiger partial charge in [0.15, 0.2) is 0 Å². The average molecular weight is 278 g/mol. The van der Waals surface area contributed by atoms with E-state index < -0.39 is 5.54 Å². The lowest BCUT2D eigenvalue weighted by Gasteiger charge is -2.25. The van der Waals surface area contributed by atoms with E-state index in [2.05, 4.69) is 4.99 Å². The van der Waals surface area contributed by atoms with E-state index in [4.69, 9.17) is 0 Å². The summed E-state index contributed by atoms with van der Waals surface area (Å²) in [5, 5.41) is 0. The van der Waals surface area contributed by atoms with E-state index in [-0.39, 0.29) is 5.91 Å². The monoisotopic (exact) mass is 278 g/mol. The largest absolute Gasteiger partial charge is 0.304 e. The fourth-order valence-electron chi connectivity index (χ4n) is 2.81. The molecular formula is C18H18N2O. The summed E-state index contributed by atoms with van der Waals surface area (Å²) in [6.07, 6.45) is 2.90. The predicted molar refractivity (Wildman–Crippen MR) is 84.3 cm³/mol. The Hall–Kier alpha value is -2.42. The van der Waals surface area contributed by atoms with Crippen molar-refractivity contribution in [1.29, 1.82) is 0 Å². The van der Waals surface area contributed by atoms with Crippen molar-refractivity contribution in [2.24, 2.45) is 4.99 Å². The normalized spacial score (nSPS) is 16.4. The minimum absolute atomic E-state index is 0.0650. The second-order valence-electron chi connectivity index (χ2n) is 5.52. The Kier molecular flexibility index (Phi) is 3.57. The van der Waals surface area contributed by atoms with Crippen LogP contribution < -0.4 is 0 Å². The van der Waals surface area contributed by atoms with Gasteiger partial charge in [-0.3, -0.25) is 9.79 Å². The molecule has 106 valence electrons. The zero-order valence-corrected chi connectivity index (χ0v) is 12.1. The molecule has 0 unspecified atom stereocenters. The maximum Gasteiger partial charge on any atom is 0.256 e. The highest BCUT2D eigenvalue weighted by Crippen LogP contribution is 2.28. The van der Waals surface area contributed by atoms with Gasteiger partial charge in [-0.2, -0.15) is 0 Å². The minimum atomic E-state index is -0.711. The number of carbonyl (C=O) groups is 1. The minimum Gasteiger partial charge on any atom is -0.304 e. The van der Waals surface area contributed by atoms with Crippen LogP contribution in [0.3, 0.4) is 0 Å². The third-order valence-corrected chi connectivity index (χ3v) is 3.88. The SMILES string of the molecule is CN1C=NC(Cc2ccccc2)(Cc2ccccc2)C1=O. The van der Waals surface area contributed by atoms with E-state index in [9.17, 15) is 4.79 Å². The number of benzene rings is 2. The van der Waals surface area contributed by atoms with E-state index in [1.807, 2.05) is 60.7 Å². The third kappa shape index (κ3) is 2.72. The van der Waals surface area contributed by atoms with Crippen LogP contribution in [0.5, 0.6) is 0 Å². The molecule has 0 saturated heterocycles. The summed E-state index contributed by atoms with van der Waals surface area (Å²) in [5.74, 6) is 0.0650. The molecule has 21 heavy (non-hydrogen) atoms. The Morgan fingerprint density at radius 2 is 1.38 bits per heavy atom. The van der Waals surface area contributed by atoms with E-state index in [0.717, 1.165) is 11.1 Å². The molecule has 0 saturated carbocycles. The summed E-state index contributed by atoms with van der Waals surface area (Å²) in [6.45, 7) is 0. The van der Waals surface area contributed by atoms with Crippen molar-refractivity contribution in [3.63, 3.8) is 0 Å². The molecule has 1 amide bonds. The Labute approximate surface area is 124 Å². The van der Waals surface area contributed by atoms with Gasteiger partial charge in [0.1, 0.15) is 5.54 Å². The molecule has 1 aliphatic heterocycles. The second-order valence-corrected chi connectivity index (χ2v) is 5.52. The van der Waals surface area contributed by atoms with Gasteiger partial charge < -0.3 is 4.90 Å². The van der Waals surface area contributed by atoms with Crippen molar-refractivity contribution < 1.29 is 4.79 Å². The van der Waals surface area contributed by atoms with Crippen LogP contribution in [0.4, 0.5) is 0 Å². The molecule has 2 aromatic rings. The molecule has 0 N–H and O–H groups in total. The molecule has 0 aliphatic carbocycles. The zero-order valence-electron chi connectivity index (χ0n) is 12.1. The first kappa shape index (κ1) is 13.6. The second kappa shape index (κ2) is 5.52. The third-order valence-electron chi connectivity index (χ3n) is 3.88. The van der Waals surface area contributed by atoms with Crippen LogP contribution >= 0.6 is 0 Å². The first-order valence-electron chi connectivity index (χ1n) is 7.10. The summed E-state index contributed by atoms with van der Waals surface area (Å²) >= 11 is 0. The first-order chi connectivity index (χ1) is 10.2. The molecule has 3 nitrogen and oxygen atoms in total. The quantitative estimate of drug-likeness (QED) is 0.846. The summed E-state index contributed by atoms with van der Waals surface area (Å²) in [7, 11) is 1.77. The highest BCUT2D eigenvalue weighted by molar-refractivity contribution is 6.00. The number of hydrogen-bond acceptors (Lipinski definition) is 2. The van der Waals surface area contributed by atoms with E-state index in [1.165, 1.54) is 0 Å². The molecule has 0 spiro atoms. The maximum atomic E-state index is 12.6. The smallest absolute Gasteiger partial charge is 0.256 e. The van der Waals surface area contributed by atoms with Gasteiger partial charge >= 0.3 is 0 Å². The van der Waals surface area contributed by atoms with Crippen LogP contribution in [0, 0.1) is 0 Å². The van der Waals surface area contributed by atoms with Crippen LogP contribution in [0.25, 0.3) is 0 Å². The number of nitrogens with zero attached hydrogens (tertiary/aromatic N) is 2. The topological polar surface area (TPSA) is 32.7 Å². The highest BCUT2D eigenvalue weighted by atomic mass is 16.2. The fourth-order valence-corrected chi connectivity index (χ4v) is 2.81. The Morgan fingerprint density at radius 3 is 1.76 bits per heavy atom. The van der Waals surface area contributed by atoms with Crippen LogP contribution in [0.1, 0.15) is 11.1 Å². The maximum absolute atomic E-state index is 12.6. The molecule has 0 atom stereocenters. The number of hydrogen-bond donors (Lipinski definition) is 0. The van der Waals surface area contributed by atoms with Crippen LogP contribution in [-0.4, -0.2) is 29.7 Å². The van der Waals surface area contributed by atoms with Crippen molar-refractivity contribution in [1.82, 2.24) is 4.90 Å². The van der Waals surface area contributed by atoms with Gasteiger partial charge in [-0.1, -0.05) is 60.7 Å². The standard InChI is InChI=1S/C18H18N2O/c1-20-14-19-18(17(20)21,12-15-8-4-2-5-9-15)13-16-10-6-3-7-11-16/h2-11,14H,12-13H2,1H3. The lowest BCUT2D eigenvalue weighted by Crippen LogP contribution is -2.43. The molecular weight excluding hydrogens is 260 g/mol. The number of amides is 1. The molecule has 2 aromatic carbocycles. The van der Waals surface area contributed by atoms with Crippen LogP contribution in [0.2, 0.25) is 0 Å². The Bertz CT molecular complexity index is 608. The van der Waals surface area contributed by atoms with Crippen molar-refractivity contribution in [3.8, 4) is 0 Å². The van der Waals surface area contributed by atoms with Crippen LogP contribution in [-0.2, 0) is 17.6 Å². The van der Waals surface area contributed by atoms with Gasteiger partial charge in [0.05, 0.1) is 6.34 Å². The van der Waals surface area contributed by atoms with E-state index >= 15 is 0 Å². The molecule has 3 heteroatoms. The van der Waals surface area contributed by atoms with E-state index in [0.29, 0.717) is 12.8 Å². The number of carbonyl (C=O) groups excluding carboxylic acids is 1. The van der Waals surface area contributed by atoms with Gasteiger partial charge in [-0.25, -0.2) is 0 Å². The number of likely N-dealkylation sites (N-methyl/N-ethyl adjacent to an activating group) is 1. The molecule has 1 aliphatic rings. The van der Waals surface area contributed by atoms with Gasteiger partial charge in [0.2, 0.25) is 0 Å². The summed E-state index contributed by atoms with van der Waals surface area (Å²) in [5.41, 5.74) is 1.56. The Balaban J connectivity index is 1.93. The fraction of sp³-hybridized carbons (Fsp3) is 0.222. The number of aliphatic imine (C=N–C) groups is 1. The molecule has 0 fully saturated rings. The van der Waals surface area contributed by atoms with Crippen molar-refractivity contribution in [3.05, 3.63) is 71.8 Å². The highest BCUT2D eigenvalue weighted by Gasteiger charge is 2.43. The average Bonchev–Trinajstić information content (AvgIpc) is 2.78. The van der Waals surface area contributed by atoms with Gasteiger partial charge in [0, 0.05) is 19.9 Å². The lowest BCUT2D eigenvalue weighted by atomic mass is 9.85. The van der Waals surface area contributed by atoms with Crippen molar-refractivity contribution in [2.45, 2.75) is 18.4 Å². The van der Waals surface area contributed by atoms with E-state index in [1.54, 1.807) is 18.3 Å². The van der Waals surface area contributed by atoms with Crippen LogP contribution in [0.15, 0.2) is 65.7 Å². The predicted octanol–water partition coefficient (Wildman–Crippen LogP) is 2.71. The molecule has 3 rings (SSSR count). The first-order valence-corrected chi connectivity index (χ1v) is 7.10. The summed E-state index contributed by atoms with van der Waals surface area (Å²) in [4.78, 5) is 18.8. The Morgan fingerprint density at radius 1 is 0.905 bits per heavy atom. The van der Waals surface area contributed by atoms with Gasteiger partial charge in [0.25, 0.3) is 5.91 Å². The summed E-state index contributed by atoms with van der Waals surface area (Å²) < 4.78 is 0. The van der Waals surface area contributed by atoms with Crippen molar-refractivity contribution in [2.75, 3.05) is 7.05 Å². The molecule has 0 bridgehead atoms. The zero-order chi connectivity index (χ0) is 14.7.